The summed E-state index contributed by atoms with van der Waals surface area (Å²) in [5.74, 6) is 1.38. The van der Waals surface area contributed by atoms with Crippen LogP contribution >= 0.6 is 0 Å². The molecular weight excluding hydrogens is 234 g/mol. The van der Waals surface area contributed by atoms with Crippen molar-refractivity contribution in [1.82, 2.24) is 5.32 Å². The lowest BCUT2D eigenvalue weighted by Gasteiger charge is -2.14. The van der Waals surface area contributed by atoms with E-state index in [-0.39, 0.29) is 0 Å². The molecule has 1 rings (SSSR count). The third-order valence-corrected chi connectivity index (χ3v) is 3.20. The van der Waals surface area contributed by atoms with Gasteiger partial charge in [0, 0.05) is 13.7 Å². The van der Waals surface area contributed by atoms with Gasteiger partial charge < -0.3 is 10.1 Å². The highest BCUT2D eigenvalue weighted by Crippen LogP contribution is 2.13. The van der Waals surface area contributed by atoms with Crippen LogP contribution in [0.4, 0.5) is 0 Å². The Morgan fingerprint density at radius 1 is 1.11 bits per heavy atom. The Hall–Kier alpha value is -0.860. The van der Waals surface area contributed by atoms with Gasteiger partial charge in [0.2, 0.25) is 0 Å². The fourth-order valence-corrected chi connectivity index (χ4v) is 2.35. The third kappa shape index (κ3) is 7.34. The predicted molar refractivity (Wildman–Crippen MR) is 82.6 cm³/mol. The number of benzene rings is 1. The zero-order chi connectivity index (χ0) is 14.1. The summed E-state index contributed by atoms with van der Waals surface area (Å²) in [7, 11) is 1.74. The molecule has 0 amide bonds. The van der Waals surface area contributed by atoms with Crippen molar-refractivity contribution in [3.63, 3.8) is 0 Å². The van der Waals surface area contributed by atoms with E-state index >= 15 is 0 Å². The molecule has 0 aliphatic rings. The average Bonchev–Trinajstić information content (AvgIpc) is 2.34. The summed E-state index contributed by atoms with van der Waals surface area (Å²) in [6.45, 7) is 9.63. The lowest BCUT2D eigenvalue weighted by Crippen LogP contribution is -2.25. The lowest BCUT2D eigenvalue weighted by molar-refractivity contribution is 0.198. The van der Waals surface area contributed by atoms with Crippen LogP contribution in [0.5, 0.6) is 0 Å². The highest BCUT2D eigenvalue weighted by molar-refractivity contribution is 5.24. The van der Waals surface area contributed by atoms with Gasteiger partial charge in [-0.2, -0.15) is 0 Å². The summed E-state index contributed by atoms with van der Waals surface area (Å²) in [4.78, 5) is 0. The highest BCUT2D eigenvalue weighted by Gasteiger charge is 2.05. The van der Waals surface area contributed by atoms with Crippen LogP contribution in [0.2, 0.25) is 0 Å². The summed E-state index contributed by atoms with van der Waals surface area (Å²) in [5, 5.41) is 3.43. The maximum atomic E-state index is 5.03. The van der Waals surface area contributed by atoms with Crippen LogP contribution in [-0.4, -0.2) is 26.8 Å². The van der Waals surface area contributed by atoms with Gasteiger partial charge in [-0.25, -0.2) is 0 Å². The van der Waals surface area contributed by atoms with Crippen molar-refractivity contribution in [1.29, 1.82) is 0 Å². The first-order valence-electron chi connectivity index (χ1n) is 7.39. The lowest BCUT2D eigenvalue weighted by atomic mass is 9.96. The Kier molecular flexibility index (Phi) is 7.76. The molecule has 1 N–H and O–H groups in total. The van der Waals surface area contributed by atoms with E-state index in [4.69, 9.17) is 4.74 Å². The minimum atomic E-state index is 0.658. The van der Waals surface area contributed by atoms with Crippen molar-refractivity contribution in [2.75, 3.05) is 26.8 Å². The van der Waals surface area contributed by atoms with Crippen LogP contribution in [-0.2, 0) is 17.6 Å². The molecule has 1 aromatic carbocycles. The molecular formula is C17H29NO. The van der Waals surface area contributed by atoms with Gasteiger partial charge >= 0.3 is 0 Å². The third-order valence-electron chi connectivity index (χ3n) is 3.20. The molecule has 2 nitrogen and oxygen atoms in total. The molecule has 0 aliphatic carbocycles. The van der Waals surface area contributed by atoms with Crippen LogP contribution in [0.1, 0.15) is 31.9 Å². The monoisotopic (exact) mass is 263 g/mol. The summed E-state index contributed by atoms with van der Waals surface area (Å²) in [5.41, 5.74) is 2.92. The zero-order valence-corrected chi connectivity index (χ0v) is 12.9. The Labute approximate surface area is 118 Å². The van der Waals surface area contributed by atoms with Crippen LogP contribution in [0.15, 0.2) is 24.3 Å². The molecule has 0 spiro atoms. The number of hydrogen-bond acceptors (Lipinski definition) is 2. The number of ether oxygens (including phenoxy) is 1. The molecule has 0 aromatic heterocycles. The van der Waals surface area contributed by atoms with E-state index in [1.165, 1.54) is 17.5 Å². The summed E-state index contributed by atoms with van der Waals surface area (Å²) in [6.07, 6.45) is 2.32. The van der Waals surface area contributed by atoms with E-state index in [1.807, 2.05) is 0 Å². The number of rotatable bonds is 9. The first-order chi connectivity index (χ1) is 9.11. The molecule has 0 fully saturated rings. The second-order valence-electron chi connectivity index (χ2n) is 5.92. The van der Waals surface area contributed by atoms with Crippen molar-refractivity contribution < 1.29 is 4.74 Å². The van der Waals surface area contributed by atoms with Gasteiger partial charge in [0.05, 0.1) is 6.61 Å². The number of methoxy groups -OCH3 is 1. The van der Waals surface area contributed by atoms with E-state index in [9.17, 15) is 0 Å². The number of nitrogens with one attached hydrogen (secondary N) is 1. The van der Waals surface area contributed by atoms with Crippen molar-refractivity contribution in [2.45, 2.75) is 33.6 Å². The molecule has 1 aromatic rings. The quantitative estimate of drug-likeness (QED) is 0.690. The molecule has 0 aliphatic heterocycles. The zero-order valence-electron chi connectivity index (χ0n) is 12.9. The Balaban J connectivity index is 2.38. The van der Waals surface area contributed by atoms with Crippen molar-refractivity contribution in [2.24, 2.45) is 11.8 Å². The second-order valence-corrected chi connectivity index (χ2v) is 5.92. The smallest absolute Gasteiger partial charge is 0.0587 e. The minimum absolute atomic E-state index is 0.658. The minimum Gasteiger partial charge on any atom is -0.383 e. The predicted octanol–water partition coefficient (Wildman–Crippen LogP) is 3.30. The Morgan fingerprint density at radius 2 is 1.79 bits per heavy atom. The van der Waals surface area contributed by atoms with E-state index in [2.05, 4.69) is 50.4 Å². The molecule has 0 bridgehead atoms. The maximum Gasteiger partial charge on any atom is 0.0587 e. The SMILES string of the molecule is COCCNCC(C)Cc1cccc(CC(C)C)c1. The first-order valence-corrected chi connectivity index (χ1v) is 7.39. The molecule has 0 heterocycles. The van der Waals surface area contributed by atoms with E-state index in [1.54, 1.807) is 7.11 Å². The van der Waals surface area contributed by atoms with Crippen LogP contribution in [0.25, 0.3) is 0 Å². The molecule has 19 heavy (non-hydrogen) atoms. The Morgan fingerprint density at radius 3 is 2.42 bits per heavy atom. The van der Waals surface area contributed by atoms with Crippen LogP contribution in [0.3, 0.4) is 0 Å². The van der Waals surface area contributed by atoms with Gasteiger partial charge in [-0.1, -0.05) is 45.0 Å². The van der Waals surface area contributed by atoms with Crippen molar-refractivity contribution in [3.05, 3.63) is 35.4 Å². The summed E-state index contributed by atoms with van der Waals surface area (Å²) in [6, 6.07) is 9.05. The standard InChI is InChI=1S/C17H29NO/c1-14(2)10-16-6-5-7-17(12-16)11-15(3)13-18-8-9-19-4/h5-7,12,14-15,18H,8-11,13H2,1-4H3. The molecule has 1 atom stereocenters. The highest BCUT2D eigenvalue weighted by atomic mass is 16.5. The molecule has 2 heteroatoms. The van der Waals surface area contributed by atoms with E-state index < -0.39 is 0 Å². The Bertz CT molecular complexity index is 349. The van der Waals surface area contributed by atoms with Gasteiger partial charge in [0.15, 0.2) is 0 Å². The normalized spacial score (nSPS) is 12.9. The molecule has 1 unspecified atom stereocenters. The first kappa shape index (κ1) is 16.2. The van der Waals surface area contributed by atoms with Crippen molar-refractivity contribution >= 4 is 0 Å². The molecule has 0 saturated heterocycles. The summed E-state index contributed by atoms with van der Waals surface area (Å²) >= 11 is 0. The largest absolute Gasteiger partial charge is 0.383 e. The van der Waals surface area contributed by atoms with E-state index in [0.717, 1.165) is 32.0 Å². The van der Waals surface area contributed by atoms with Crippen LogP contribution < -0.4 is 5.32 Å². The molecule has 0 saturated carbocycles. The van der Waals surface area contributed by atoms with Gasteiger partial charge in [-0.15, -0.1) is 0 Å². The van der Waals surface area contributed by atoms with Gasteiger partial charge in [-0.05, 0) is 42.3 Å². The van der Waals surface area contributed by atoms with Crippen LogP contribution in [0, 0.1) is 11.8 Å². The topological polar surface area (TPSA) is 21.3 Å². The van der Waals surface area contributed by atoms with Gasteiger partial charge in [0.25, 0.3) is 0 Å². The van der Waals surface area contributed by atoms with Gasteiger partial charge in [0.1, 0.15) is 0 Å². The second kappa shape index (κ2) is 9.11. The number of hydrogen-bond donors (Lipinski definition) is 1. The molecule has 0 radical (unpaired) electrons. The molecule has 108 valence electrons. The fourth-order valence-electron chi connectivity index (χ4n) is 2.35. The fraction of sp³-hybridized carbons (Fsp3) is 0.647. The van der Waals surface area contributed by atoms with E-state index in [0.29, 0.717) is 5.92 Å². The summed E-state index contributed by atoms with van der Waals surface area (Å²) < 4.78 is 5.03. The average molecular weight is 263 g/mol. The van der Waals surface area contributed by atoms with Gasteiger partial charge in [-0.3, -0.25) is 0 Å². The van der Waals surface area contributed by atoms with Crippen molar-refractivity contribution in [3.8, 4) is 0 Å². The maximum absolute atomic E-state index is 5.03.